The molecule has 5 heteroatoms. The predicted molar refractivity (Wildman–Crippen MR) is 67.1 cm³/mol. The van der Waals surface area contributed by atoms with Gasteiger partial charge in [0.05, 0.1) is 6.04 Å². The predicted octanol–water partition coefficient (Wildman–Crippen LogP) is 0.775. The highest BCUT2D eigenvalue weighted by Gasteiger charge is 2.34. The third-order valence-electron chi connectivity index (χ3n) is 3.50. The average Bonchev–Trinajstić information content (AvgIpc) is 2.82. The molecule has 4 nitrogen and oxygen atoms in total. The number of likely N-dealkylation sites (tertiary alicyclic amines) is 1. The van der Waals surface area contributed by atoms with E-state index in [0.717, 1.165) is 24.9 Å². The molecule has 0 spiro atoms. The van der Waals surface area contributed by atoms with E-state index in [-0.39, 0.29) is 23.8 Å². The van der Waals surface area contributed by atoms with Crippen molar-refractivity contribution in [2.75, 3.05) is 13.1 Å². The highest BCUT2D eigenvalue weighted by Crippen LogP contribution is 2.28. The molecule has 1 aromatic rings. The Morgan fingerprint density at radius 1 is 1.44 bits per heavy atom. The minimum Gasteiger partial charge on any atom is -0.368 e. The molecule has 0 radical (unpaired) electrons. The van der Waals surface area contributed by atoms with Crippen LogP contribution < -0.4 is 11.5 Å². The van der Waals surface area contributed by atoms with E-state index in [9.17, 15) is 9.18 Å². The number of primary amides is 1. The maximum absolute atomic E-state index is 12.9. The Bertz CT molecular complexity index is 421. The normalized spacial score (nSPS) is 22.0. The lowest BCUT2D eigenvalue weighted by atomic mass is 10.0. The van der Waals surface area contributed by atoms with Crippen LogP contribution in [-0.4, -0.2) is 29.9 Å². The lowest BCUT2D eigenvalue weighted by Gasteiger charge is -2.31. The number of hydrogen-bond donors (Lipinski definition) is 2. The monoisotopic (exact) mass is 251 g/mol. The summed E-state index contributed by atoms with van der Waals surface area (Å²) in [5, 5.41) is 0. The van der Waals surface area contributed by atoms with Crippen LogP contribution in [0.2, 0.25) is 0 Å². The maximum atomic E-state index is 12.9. The van der Waals surface area contributed by atoms with Crippen molar-refractivity contribution < 1.29 is 9.18 Å². The third kappa shape index (κ3) is 2.52. The van der Waals surface area contributed by atoms with Crippen molar-refractivity contribution in [1.29, 1.82) is 0 Å². The molecule has 0 aromatic heterocycles. The van der Waals surface area contributed by atoms with Gasteiger partial charge in [0.15, 0.2) is 0 Å². The molecule has 18 heavy (non-hydrogen) atoms. The number of amides is 1. The van der Waals surface area contributed by atoms with E-state index in [4.69, 9.17) is 11.5 Å². The minimum absolute atomic E-state index is 0.0781. The Hall–Kier alpha value is -1.46. The zero-order valence-corrected chi connectivity index (χ0v) is 10.2. The second-order valence-corrected chi connectivity index (χ2v) is 4.60. The number of carbonyl (C=O) groups excluding carboxylic acids is 1. The van der Waals surface area contributed by atoms with Crippen LogP contribution in [0.15, 0.2) is 24.3 Å². The van der Waals surface area contributed by atoms with E-state index >= 15 is 0 Å². The molecule has 1 aliphatic rings. The van der Waals surface area contributed by atoms with E-state index in [1.165, 1.54) is 12.1 Å². The summed E-state index contributed by atoms with van der Waals surface area (Å²) in [6.07, 6.45) is 1.71. The number of carbonyl (C=O) groups is 1. The van der Waals surface area contributed by atoms with Crippen molar-refractivity contribution in [2.45, 2.75) is 24.9 Å². The number of nitrogens with zero attached hydrogens (tertiary/aromatic N) is 1. The number of halogens is 1. The van der Waals surface area contributed by atoms with Gasteiger partial charge in [-0.15, -0.1) is 0 Å². The second-order valence-electron chi connectivity index (χ2n) is 4.60. The smallest absolute Gasteiger partial charge is 0.234 e. The molecular weight excluding hydrogens is 233 g/mol. The molecule has 0 saturated carbocycles. The fourth-order valence-electron chi connectivity index (χ4n) is 2.62. The number of benzene rings is 1. The van der Waals surface area contributed by atoms with Gasteiger partial charge in [0.1, 0.15) is 5.82 Å². The molecule has 0 bridgehead atoms. The molecule has 2 rings (SSSR count). The van der Waals surface area contributed by atoms with Gasteiger partial charge in [-0.25, -0.2) is 4.39 Å². The number of nitrogens with two attached hydrogens (primary N) is 2. The summed E-state index contributed by atoms with van der Waals surface area (Å²) < 4.78 is 12.9. The van der Waals surface area contributed by atoms with Crippen LogP contribution in [0.4, 0.5) is 4.39 Å². The van der Waals surface area contributed by atoms with Gasteiger partial charge in [-0.2, -0.15) is 0 Å². The molecule has 98 valence electrons. The first-order valence-corrected chi connectivity index (χ1v) is 6.14. The van der Waals surface area contributed by atoms with Crippen molar-refractivity contribution >= 4 is 5.91 Å². The van der Waals surface area contributed by atoms with Crippen LogP contribution in [-0.2, 0) is 4.79 Å². The molecule has 2 atom stereocenters. The minimum atomic E-state index is -0.312. The van der Waals surface area contributed by atoms with Gasteiger partial charge in [-0.3, -0.25) is 9.69 Å². The third-order valence-corrected chi connectivity index (χ3v) is 3.50. The Balaban J connectivity index is 2.22. The molecule has 1 heterocycles. The second kappa shape index (κ2) is 5.46. The zero-order valence-electron chi connectivity index (χ0n) is 10.2. The lowest BCUT2D eigenvalue weighted by molar-refractivity contribution is -0.122. The van der Waals surface area contributed by atoms with E-state index in [1.54, 1.807) is 12.1 Å². The highest BCUT2D eigenvalue weighted by molar-refractivity contribution is 5.80. The van der Waals surface area contributed by atoms with Crippen molar-refractivity contribution in [3.63, 3.8) is 0 Å². The molecule has 1 fully saturated rings. The zero-order chi connectivity index (χ0) is 13.1. The highest BCUT2D eigenvalue weighted by atomic mass is 19.1. The Morgan fingerprint density at radius 3 is 2.67 bits per heavy atom. The van der Waals surface area contributed by atoms with Gasteiger partial charge in [0.2, 0.25) is 5.91 Å². The SMILES string of the molecule is NCC(c1ccc(F)cc1)N1CCCC1C(N)=O. The van der Waals surface area contributed by atoms with Crippen molar-refractivity contribution in [2.24, 2.45) is 11.5 Å². The molecule has 1 aliphatic heterocycles. The molecule has 0 aliphatic carbocycles. The van der Waals surface area contributed by atoms with Crippen molar-refractivity contribution in [3.05, 3.63) is 35.6 Å². The van der Waals surface area contributed by atoms with E-state index < -0.39 is 0 Å². The standard InChI is InChI=1S/C13H18FN3O/c14-10-5-3-9(4-6-10)12(8-15)17-7-1-2-11(17)13(16)18/h3-6,11-12H,1-2,7-8,15H2,(H2,16,18). The largest absolute Gasteiger partial charge is 0.368 e. The Labute approximate surface area is 106 Å². The molecule has 2 unspecified atom stereocenters. The average molecular weight is 251 g/mol. The van der Waals surface area contributed by atoms with E-state index in [1.807, 2.05) is 4.90 Å². The first-order valence-electron chi connectivity index (χ1n) is 6.14. The summed E-state index contributed by atoms with van der Waals surface area (Å²) in [5.74, 6) is -0.588. The summed E-state index contributed by atoms with van der Waals surface area (Å²) in [5.41, 5.74) is 12.1. The van der Waals surface area contributed by atoms with Gasteiger partial charge in [-0.05, 0) is 37.1 Å². The van der Waals surface area contributed by atoms with Gasteiger partial charge >= 0.3 is 0 Å². The summed E-state index contributed by atoms with van der Waals surface area (Å²) in [7, 11) is 0. The van der Waals surface area contributed by atoms with Gasteiger partial charge in [-0.1, -0.05) is 12.1 Å². The van der Waals surface area contributed by atoms with Gasteiger partial charge in [0.25, 0.3) is 0 Å². The molecule has 1 saturated heterocycles. The van der Waals surface area contributed by atoms with Gasteiger partial charge < -0.3 is 11.5 Å². The van der Waals surface area contributed by atoms with E-state index in [0.29, 0.717) is 6.54 Å². The summed E-state index contributed by atoms with van der Waals surface area (Å²) in [6.45, 7) is 1.18. The molecular formula is C13H18FN3O. The van der Waals surface area contributed by atoms with Crippen LogP contribution in [0.5, 0.6) is 0 Å². The maximum Gasteiger partial charge on any atom is 0.234 e. The van der Waals surface area contributed by atoms with Crippen LogP contribution in [0, 0.1) is 5.82 Å². The summed E-state index contributed by atoms with van der Waals surface area (Å²) >= 11 is 0. The molecule has 1 amide bonds. The molecule has 1 aromatic carbocycles. The van der Waals surface area contributed by atoms with Crippen molar-refractivity contribution in [1.82, 2.24) is 4.90 Å². The lowest BCUT2D eigenvalue weighted by Crippen LogP contribution is -2.44. The molecule has 4 N–H and O–H groups in total. The van der Waals surface area contributed by atoms with Crippen LogP contribution in [0.1, 0.15) is 24.4 Å². The fourth-order valence-corrected chi connectivity index (χ4v) is 2.62. The van der Waals surface area contributed by atoms with E-state index in [2.05, 4.69) is 0 Å². The summed E-state index contributed by atoms with van der Waals surface area (Å²) in [4.78, 5) is 13.4. The first kappa shape index (κ1) is 13.0. The first-order chi connectivity index (χ1) is 8.63. The fraction of sp³-hybridized carbons (Fsp3) is 0.462. The number of rotatable bonds is 4. The topological polar surface area (TPSA) is 72.3 Å². The van der Waals surface area contributed by atoms with Gasteiger partial charge in [0, 0.05) is 12.6 Å². The van der Waals surface area contributed by atoms with Crippen LogP contribution in [0.3, 0.4) is 0 Å². The number of hydrogen-bond acceptors (Lipinski definition) is 3. The Morgan fingerprint density at radius 2 is 2.11 bits per heavy atom. The Kier molecular flexibility index (Phi) is 3.93. The van der Waals surface area contributed by atoms with Crippen LogP contribution in [0.25, 0.3) is 0 Å². The van der Waals surface area contributed by atoms with Crippen molar-refractivity contribution in [3.8, 4) is 0 Å². The van der Waals surface area contributed by atoms with Crippen LogP contribution >= 0.6 is 0 Å². The summed E-state index contributed by atoms with van der Waals surface area (Å²) in [6, 6.07) is 5.90. The quantitative estimate of drug-likeness (QED) is 0.830.